The summed E-state index contributed by atoms with van der Waals surface area (Å²) in [6.45, 7) is 5.04. The molecule has 0 aromatic heterocycles. The summed E-state index contributed by atoms with van der Waals surface area (Å²) >= 11 is 0. The van der Waals surface area contributed by atoms with Crippen molar-refractivity contribution in [1.82, 2.24) is 5.32 Å². The van der Waals surface area contributed by atoms with Crippen molar-refractivity contribution in [1.29, 1.82) is 0 Å². The average molecular weight is 273 g/mol. The molecule has 1 fully saturated rings. The Labute approximate surface area is 110 Å². The second-order valence-corrected chi connectivity index (χ2v) is 5.15. The number of nitrogen functional groups attached to an aromatic ring is 1. The largest absolute Gasteiger partial charge is 0.418 e. The normalized spacial score (nSPS) is 24.6. The Morgan fingerprint density at radius 3 is 2.32 bits per heavy atom. The van der Waals surface area contributed by atoms with Crippen LogP contribution in [-0.2, 0) is 6.18 Å². The lowest BCUT2D eigenvalue weighted by atomic mass is 10.1. The Bertz CT molecular complexity index is 449. The predicted molar refractivity (Wildman–Crippen MR) is 70.1 cm³/mol. The maximum atomic E-state index is 13.1. The standard InChI is InChI=1S/C13H18F3N3/c1-8-6-19(7-9(2)18-8)12-4-3-10(17)5-11(12)13(14,15)16/h3-5,8-9,18H,6-7,17H2,1-2H3/t8-,9-/m0/s1. The lowest BCUT2D eigenvalue weighted by molar-refractivity contribution is -0.137. The fourth-order valence-corrected chi connectivity index (χ4v) is 2.58. The molecule has 2 rings (SSSR count). The predicted octanol–water partition coefficient (Wildman–Crippen LogP) is 2.47. The van der Waals surface area contributed by atoms with Gasteiger partial charge in [0.1, 0.15) is 0 Å². The minimum absolute atomic E-state index is 0.132. The van der Waals surface area contributed by atoms with Gasteiger partial charge in [-0.2, -0.15) is 13.2 Å². The minimum atomic E-state index is -4.39. The molecule has 0 saturated carbocycles. The second kappa shape index (κ2) is 4.92. The van der Waals surface area contributed by atoms with Crippen molar-refractivity contribution in [2.45, 2.75) is 32.1 Å². The van der Waals surface area contributed by atoms with Gasteiger partial charge in [0.2, 0.25) is 0 Å². The van der Waals surface area contributed by atoms with Gasteiger partial charge in [0.05, 0.1) is 5.56 Å². The van der Waals surface area contributed by atoms with Crippen LogP contribution in [0.5, 0.6) is 0 Å². The molecule has 0 radical (unpaired) electrons. The maximum Gasteiger partial charge on any atom is 0.418 e. The average Bonchev–Trinajstić information content (AvgIpc) is 2.26. The molecule has 1 aliphatic heterocycles. The van der Waals surface area contributed by atoms with E-state index < -0.39 is 11.7 Å². The molecule has 3 nitrogen and oxygen atoms in total. The number of anilines is 2. The van der Waals surface area contributed by atoms with E-state index in [1.54, 1.807) is 4.90 Å². The first kappa shape index (κ1) is 14.0. The van der Waals surface area contributed by atoms with E-state index in [-0.39, 0.29) is 23.5 Å². The van der Waals surface area contributed by atoms with E-state index >= 15 is 0 Å². The Morgan fingerprint density at radius 2 is 1.79 bits per heavy atom. The number of rotatable bonds is 1. The third-order valence-electron chi connectivity index (χ3n) is 3.22. The van der Waals surface area contributed by atoms with E-state index in [0.29, 0.717) is 13.1 Å². The van der Waals surface area contributed by atoms with Crippen molar-refractivity contribution >= 4 is 11.4 Å². The molecule has 19 heavy (non-hydrogen) atoms. The zero-order valence-electron chi connectivity index (χ0n) is 11.0. The van der Waals surface area contributed by atoms with Gasteiger partial charge in [-0.3, -0.25) is 0 Å². The van der Waals surface area contributed by atoms with E-state index in [1.807, 2.05) is 13.8 Å². The van der Waals surface area contributed by atoms with Crippen molar-refractivity contribution in [3.63, 3.8) is 0 Å². The number of benzene rings is 1. The zero-order valence-corrected chi connectivity index (χ0v) is 11.0. The lowest BCUT2D eigenvalue weighted by Gasteiger charge is -2.38. The number of piperazine rings is 1. The molecule has 2 atom stereocenters. The molecule has 0 spiro atoms. The highest BCUT2D eigenvalue weighted by Crippen LogP contribution is 2.38. The highest BCUT2D eigenvalue weighted by atomic mass is 19.4. The molecule has 1 aromatic carbocycles. The van der Waals surface area contributed by atoms with Gasteiger partial charge in [0.25, 0.3) is 0 Å². The first-order valence-corrected chi connectivity index (χ1v) is 6.25. The van der Waals surface area contributed by atoms with Crippen molar-refractivity contribution < 1.29 is 13.2 Å². The number of nitrogens with two attached hydrogens (primary N) is 1. The van der Waals surface area contributed by atoms with Gasteiger partial charge < -0.3 is 16.0 Å². The molecule has 0 bridgehead atoms. The third kappa shape index (κ3) is 3.12. The van der Waals surface area contributed by atoms with Crippen molar-refractivity contribution in [2.75, 3.05) is 23.7 Å². The fraction of sp³-hybridized carbons (Fsp3) is 0.538. The number of nitrogens with zero attached hydrogens (tertiary/aromatic N) is 1. The van der Waals surface area contributed by atoms with Crippen LogP contribution in [-0.4, -0.2) is 25.2 Å². The Kier molecular flexibility index (Phi) is 3.62. The molecule has 6 heteroatoms. The molecule has 3 N–H and O–H groups in total. The van der Waals surface area contributed by atoms with Gasteiger partial charge in [0, 0.05) is 36.5 Å². The van der Waals surface area contributed by atoms with Gasteiger partial charge >= 0.3 is 6.18 Å². The number of hydrogen-bond acceptors (Lipinski definition) is 3. The van der Waals surface area contributed by atoms with Gasteiger partial charge in [-0.25, -0.2) is 0 Å². The van der Waals surface area contributed by atoms with Gasteiger partial charge in [-0.15, -0.1) is 0 Å². The van der Waals surface area contributed by atoms with Crippen LogP contribution >= 0.6 is 0 Å². The Morgan fingerprint density at radius 1 is 1.21 bits per heavy atom. The summed E-state index contributed by atoms with van der Waals surface area (Å²) in [5, 5.41) is 3.30. The highest BCUT2D eigenvalue weighted by Gasteiger charge is 2.36. The molecule has 1 heterocycles. The molecule has 106 valence electrons. The van der Waals surface area contributed by atoms with Gasteiger partial charge in [-0.05, 0) is 32.0 Å². The number of hydrogen-bond donors (Lipinski definition) is 2. The summed E-state index contributed by atoms with van der Waals surface area (Å²) in [5.74, 6) is 0. The SMILES string of the molecule is C[C@H]1CN(c2ccc(N)cc2C(F)(F)F)C[C@H](C)N1. The van der Waals surface area contributed by atoms with E-state index in [2.05, 4.69) is 5.32 Å². The van der Waals surface area contributed by atoms with E-state index in [0.717, 1.165) is 6.07 Å². The van der Waals surface area contributed by atoms with Crippen molar-refractivity contribution in [3.8, 4) is 0 Å². The van der Waals surface area contributed by atoms with E-state index in [1.165, 1.54) is 12.1 Å². The van der Waals surface area contributed by atoms with Gasteiger partial charge in [0.15, 0.2) is 0 Å². The molecule has 0 amide bonds. The highest BCUT2D eigenvalue weighted by molar-refractivity contribution is 5.61. The molecular weight excluding hydrogens is 255 g/mol. The van der Waals surface area contributed by atoms with E-state index in [4.69, 9.17) is 5.73 Å². The van der Waals surface area contributed by atoms with Crippen molar-refractivity contribution in [3.05, 3.63) is 23.8 Å². The first-order valence-electron chi connectivity index (χ1n) is 6.25. The van der Waals surface area contributed by atoms with Crippen LogP contribution in [0, 0.1) is 0 Å². The van der Waals surface area contributed by atoms with E-state index in [9.17, 15) is 13.2 Å². The summed E-state index contributed by atoms with van der Waals surface area (Å²) in [4.78, 5) is 1.77. The number of halogens is 3. The quantitative estimate of drug-likeness (QED) is 0.772. The Hall–Kier alpha value is -1.43. The van der Waals surface area contributed by atoms with Crippen LogP contribution in [0.4, 0.5) is 24.5 Å². The van der Waals surface area contributed by atoms with Crippen molar-refractivity contribution in [2.24, 2.45) is 0 Å². The summed E-state index contributed by atoms with van der Waals surface area (Å²) < 4.78 is 39.2. The van der Waals surface area contributed by atoms with Crippen LogP contribution < -0.4 is 16.0 Å². The molecule has 0 unspecified atom stereocenters. The summed E-state index contributed by atoms with van der Waals surface area (Å²) in [6, 6.07) is 4.29. The van der Waals surface area contributed by atoms with Crippen LogP contribution in [0.25, 0.3) is 0 Å². The zero-order chi connectivity index (χ0) is 14.2. The number of alkyl halides is 3. The lowest BCUT2D eigenvalue weighted by Crippen LogP contribution is -2.54. The smallest absolute Gasteiger partial charge is 0.399 e. The molecule has 1 saturated heterocycles. The molecule has 1 aromatic rings. The maximum absolute atomic E-state index is 13.1. The fourth-order valence-electron chi connectivity index (χ4n) is 2.58. The number of nitrogens with one attached hydrogen (secondary N) is 1. The second-order valence-electron chi connectivity index (χ2n) is 5.15. The summed E-state index contributed by atoms with van der Waals surface area (Å²) in [7, 11) is 0. The van der Waals surface area contributed by atoms with Crippen LogP contribution in [0.2, 0.25) is 0 Å². The van der Waals surface area contributed by atoms with Crippen LogP contribution in [0.1, 0.15) is 19.4 Å². The first-order chi connectivity index (χ1) is 8.77. The molecular formula is C13H18F3N3. The van der Waals surface area contributed by atoms with Crippen LogP contribution in [0.15, 0.2) is 18.2 Å². The monoisotopic (exact) mass is 273 g/mol. The topological polar surface area (TPSA) is 41.3 Å². The van der Waals surface area contributed by atoms with Gasteiger partial charge in [-0.1, -0.05) is 0 Å². The van der Waals surface area contributed by atoms with Crippen LogP contribution in [0.3, 0.4) is 0 Å². The summed E-state index contributed by atoms with van der Waals surface area (Å²) in [5.41, 5.74) is 5.16. The molecule has 0 aliphatic carbocycles. The Balaban J connectivity index is 2.39. The minimum Gasteiger partial charge on any atom is -0.399 e. The summed E-state index contributed by atoms with van der Waals surface area (Å²) in [6.07, 6.45) is -4.39. The molecule has 1 aliphatic rings. The third-order valence-corrected chi connectivity index (χ3v) is 3.22.